The monoisotopic (exact) mass is 289 g/mol. The number of rotatable bonds is 2. The van der Waals surface area contributed by atoms with E-state index in [2.05, 4.69) is 9.78 Å². The highest BCUT2D eigenvalue weighted by molar-refractivity contribution is 6.31. The van der Waals surface area contributed by atoms with E-state index in [1.54, 1.807) is 4.90 Å². The summed E-state index contributed by atoms with van der Waals surface area (Å²) in [5.74, 6) is 0.817. The van der Waals surface area contributed by atoms with Crippen molar-refractivity contribution < 1.29 is 9.53 Å². The summed E-state index contributed by atoms with van der Waals surface area (Å²) >= 11 is 0. The first-order chi connectivity index (χ1) is 9.83. The first-order valence-electron chi connectivity index (χ1n) is 7.86. The molecular formula is C15H24BN3O2. The zero-order valence-electron chi connectivity index (χ0n) is 13.5. The molecule has 3 rings (SSSR count). The van der Waals surface area contributed by atoms with Crippen molar-refractivity contribution in [3.8, 4) is 0 Å². The second kappa shape index (κ2) is 5.07. The van der Waals surface area contributed by atoms with Crippen molar-refractivity contribution in [3.05, 3.63) is 11.3 Å². The third-order valence-electron chi connectivity index (χ3n) is 4.11. The lowest BCUT2D eigenvalue weighted by atomic mass is 9.95. The Kier molecular flexibility index (Phi) is 3.50. The maximum absolute atomic E-state index is 12.2. The Hall–Kier alpha value is -1.46. The van der Waals surface area contributed by atoms with Crippen LogP contribution in [0.1, 0.15) is 44.9 Å². The van der Waals surface area contributed by atoms with E-state index >= 15 is 0 Å². The molecule has 21 heavy (non-hydrogen) atoms. The third kappa shape index (κ3) is 3.25. The number of nitrogens with zero attached hydrogens (tertiary/aromatic N) is 3. The molecule has 0 unspecified atom stereocenters. The fourth-order valence-corrected chi connectivity index (χ4v) is 2.84. The predicted octanol–water partition coefficient (Wildman–Crippen LogP) is 0.845. The maximum atomic E-state index is 12.2. The largest absolute Gasteiger partial charge is 0.444 e. The Morgan fingerprint density at radius 1 is 1.43 bits per heavy atom. The first-order valence-corrected chi connectivity index (χ1v) is 7.86. The number of carbonyl (C=O) groups excluding carboxylic acids is 1. The predicted molar refractivity (Wildman–Crippen MR) is 83.5 cm³/mol. The third-order valence-corrected chi connectivity index (χ3v) is 4.11. The maximum Gasteiger partial charge on any atom is 0.410 e. The highest BCUT2D eigenvalue weighted by atomic mass is 16.6. The number of hydrogen-bond acceptors (Lipinski definition) is 3. The lowest BCUT2D eigenvalue weighted by Crippen LogP contribution is -2.41. The summed E-state index contributed by atoms with van der Waals surface area (Å²) in [5, 5.41) is 4.68. The van der Waals surface area contributed by atoms with Crippen molar-refractivity contribution in [3.63, 3.8) is 0 Å². The molecule has 0 N–H and O–H groups in total. The van der Waals surface area contributed by atoms with Crippen molar-refractivity contribution in [1.29, 1.82) is 0 Å². The molecule has 114 valence electrons. The molecular weight excluding hydrogens is 265 g/mol. The standard InChI is InChI=1S/C15H24BN3O2/c1-15(2,3)21-14(20)18-7-6-12-11(9-18)13(16)17-19(12)8-10-4-5-10/h10H,4-9,16H2,1-3H3. The Labute approximate surface area is 127 Å². The van der Waals surface area contributed by atoms with Gasteiger partial charge in [0.25, 0.3) is 0 Å². The van der Waals surface area contributed by atoms with Crippen molar-refractivity contribution in [1.82, 2.24) is 14.7 Å². The minimum absolute atomic E-state index is 0.220. The summed E-state index contributed by atoms with van der Waals surface area (Å²) in [6, 6.07) is 0. The van der Waals surface area contributed by atoms with Crippen LogP contribution >= 0.6 is 0 Å². The quantitative estimate of drug-likeness (QED) is 0.758. The molecule has 6 heteroatoms. The van der Waals surface area contributed by atoms with Crippen LogP contribution in [0.5, 0.6) is 0 Å². The van der Waals surface area contributed by atoms with Gasteiger partial charge in [0, 0.05) is 36.4 Å². The fourth-order valence-electron chi connectivity index (χ4n) is 2.84. The van der Waals surface area contributed by atoms with Gasteiger partial charge >= 0.3 is 6.09 Å². The van der Waals surface area contributed by atoms with Crippen LogP contribution < -0.4 is 5.59 Å². The molecule has 0 radical (unpaired) electrons. The Morgan fingerprint density at radius 3 is 2.76 bits per heavy atom. The SMILES string of the molecule is Bc1nn(CC2CC2)c2c1CN(C(=O)OC(C)(C)C)CC2. The van der Waals surface area contributed by atoms with Gasteiger partial charge in [0.2, 0.25) is 0 Å². The average molecular weight is 289 g/mol. The van der Waals surface area contributed by atoms with Crippen LogP contribution in [0.15, 0.2) is 0 Å². The highest BCUT2D eigenvalue weighted by Gasteiger charge is 2.30. The van der Waals surface area contributed by atoms with Gasteiger partial charge in [-0.25, -0.2) is 4.79 Å². The Balaban J connectivity index is 1.73. The average Bonchev–Trinajstić information content (AvgIpc) is 3.13. The normalized spacial score (nSPS) is 18.5. The fraction of sp³-hybridized carbons (Fsp3) is 0.733. The Morgan fingerprint density at radius 2 is 2.14 bits per heavy atom. The van der Waals surface area contributed by atoms with Gasteiger partial charge in [-0.15, -0.1) is 0 Å². The van der Waals surface area contributed by atoms with Crippen molar-refractivity contribution in [2.75, 3.05) is 6.54 Å². The molecule has 2 heterocycles. The van der Waals surface area contributed by atoms with E-state index in [9.17, 15) is 4.79 Å². The molecule has 0 atom stereocenters. The van der Waals surface area contributed by atoms with Gasteiger partial charge in [0.15, 0.2) is 7.85 Å². The zero-order chi connectivity index (χ0) is 15.2. The highest BCUT2D eigenvalue weighted by Crippen LogP contribution is 2.31. The zero-order valence-corrected chi connectivity index (χ0v) is 13.5. The van der Waals surface area contributed by atoms with Crippen LogP contribution in [0.2, 0.25) is 0 Å². The minimum atomic E-state index is -0.442. The van der Waals surface area contributed by atoms with Crippen LogP contribution in [0, 0.1) is 5.92 Å². The second-order valence-corrected chi connectivity index (χ2v) is 7.29. The van der Waals surface area contributed by atoms with Gasteiger partial charge < -0.3 is 9.64 Å². The van der Waals surface area contributed by atoms with Gasteiger partial charge in [-0.05, 0) is 39.5 Å². The smallest absolute Gasteiger partial charge is 0.410 e. The van der Waals surface area contributed by atoms with Gasteiger partial charge in [-0.2, -0.15) is 5.10 Å². The molecule has 1 saturated carbocycles. The van der Waals surface area contributed by atoms with E-state index in [1.165, 1.54) is 24.1 Å². The molecule has 0 bridgehead atoms. The number of fused-ring (bicyclic) bond motifs is 1. The van der Waals surface area contributed by atoms with Crippen LogP contribution in [0.3, 0.4) is 0 Å². The molecule has 1 aromatic heterocycles. The summed E-state index contributed by atoms with van der Waals surface area (Å²) < 4.78 is 7.65. The van der Waals surface area contributed by atoms with Crippen LogP contribution in [-0.4, -0.2) is 40.8 Å². The lowest BCUT2D eigenvalue weighted by molar-refractivity contribution is 0.0223. The molecule has 0 spiro atoms. The van der Waals surface area contributed by atoms with Gasteiger partial charge in [0.05, 0.1) is 6.54 Å². The number of hydrogen-bond donors (Lipinski definition) is 0. The van der Waals surface area contributed by atoms with E-state index in [4.69, 9.17) is 4.74 Å². The van der Waals surface area contributed by atoms with Gasteiger partial charge in [0.1, 0.15) is 5.60 Å². The topological polar surface area (TPSA) is 47.4 Å². The summed E-state index contributed by atoms with van der Waals surface area (Å²) in [4.78, 5) is 14.0. The molecule has 5 nitrogen and oxygen atoms in total. The number of amides is 1. The van der Waals surface area contributed by atoms with Gasteiger partial charge in [-0.1, -0.05) is 0 Å². The van der Waals surface area contributed by atoms with E-state index in [0.29, 0.717) is 6.54 Å². The minimum Gasteiger partial charge on any atom is -0.444 e. The lowest BCUT2D eigenvalue weighted by Gasteiger charge is -2.30. The number of carbonyl (C=O) groups is 1. The summed E-state index contributed by atoms with van der Waals surface area (Å²) in [6.45, 7) is 8.10. The van der Waals surface area contributed by atoms with Crippen molar-refractivity contribution in [2.24, 2.45) is 5.92 Å². The summed E-state index contributed by atoms with van der Waals surface area (Å²) in [6.07, 6.45) is 3.32. The van der Waals surface area contributed by atoms with Crippen LogP contribution in [-0.2, 0) is 24.2 Å². The molecule has 2 aliphatic rings. The Bertz CT molecular complexity index is 558. The number of ether oxygens (including phenoxy) is 1. The first kappa shape index (κ1) is 14.5. The van der Waals surface area contributed by atoms with Crippen molar-refractivity contribution in [2.45, 2.75) is 58.7 Å². The molecule has 1 aliphatic heterocycles. The molecule has 0 saturated heterocycles. The van der Waals surface area contributed by atoms with E-state index in [1.807, 2.05) is 28.6 Å². The van der Waals surface area contributed by atoms with E-state index in [0.717, 1.165) is 31.0 Å². The molecule has 1 aromatic rings. The van der Waals surface area contributed by atoms with E-state index < -0.39 is 5.60 Å². The van der Waals surface area contributed by atoms with Crippen LogP contribution in [0.25, 0.3) is 0 Å². The van der Waals surface area contributed by atoms with Crippen LogP contribution in [0.4, 0.5) is 4.79 Å². The molecule has 1 fully saturated rings. The second-order valence-electron chi connectivity index (χ2n) is 7.29. The van der Waals surface area contributed by atoms with Gasteiger partial charge in [-0.3, -0.25) is 4.68 Å². The van der Waals surface area contributed by atoms with E-state index in [-0.39, 0.29) is 6.09 Å². The van der Waals surface area contributed by atoms with Crippen molar-refractivity contribution >= 4 is 19.5 Å². The summed E-state index contributed by atoms with van der Waals surface area (Å²) in [5.41, 5.74) is 3.15. The molecule has 1 amide bonds. The molecule has 0 aromatic carbocycles. The molecule has 1 aliphatic carbocycles. The number of aromatic nitrogens is 2. The summed E-state index contributed by atoms with van der Waals surface area (Å²) in [7, 11) is 2.04.